The molecule has 3 atom stereocenters. The van der Waals surface area contributed by atoms with Crippen molar-refractivity contribution in [1.29, 1.82) is 0 Å². The number of nitrogens with zero attached hydrogens (tertiary/aromatic N) is 2. The van der Waals surface area contributed by atoms with E-state index in [2.05, 4.69) is 10.3 Å². The Bertz CT molecular complexity index is 907. The molecule has 3 rings (SSSR count). The van der Waals surface area contributed by atoms with Gasteiger partial charge in [0.1, 0.15) is 12.2 Å². The lowest BCUT2D eigenvalue weighted by Gasteiger charge is -2.32. The molecule has 162 valence electrons. The second-order valence-corrected chi connectivity index (χ2v) is 9.66. The Morgan fingerprint density at radius 3 is 2.57 bits per heavy atom. The summed E-state index contributed by atoms with van der Waals surface area (Å²) in [5.41, 5.74) is 10.4. The smallest absolute Gasteiger partial charge is 0.246 e. The Balaban J connectivity index is 1.64. The maximum Gasteiger partial charge on any atom is 0.246 e. The van der Waals surface area contributed by atoms with Crippen LogP contribution in [0.15, 0.2) is 29.8 Å². The van der Waals surface area contributed by atoms with Crippen molar-refractivity contribution in [1.82, 2.24) is 15.2 Å². The van der Waals surface area contributed by atoms with Gasteiger partial charge in [-0.25, -0.2) is 9.37 Å². The van der Waals surface area contributed by atoms with Crippen LogP contribution in [-0.2, 0) is 16.1 Å². The lowest BCUT2D eigenvalue weighted by molar-refractivity contribution is -0.142. The largest absolute Gasteiger partial charge is 0.350 e. The number of thiazole rings is 1. The van der Waals surface area contributed by atoms with Crippen LogP contribution in [-0.4, -0.2) is 46.5 Å². The summed E-state index contributed by atoms with van der Waals surface area (Å²) in [5.74, 6) is -0.871. The van der Waals surface area contributed by atoms with Gasteiger partial charge in [0.15, 0.2) is 0 Å². The standard InChI is InChI=1S/C22H29FN4O2S/c1-13-18(30-12-26-13)15-7-5-14(6-8-15)11-25-20(28)17-16(23)9-10-27(17)21(29)19(24)22(2,3)4/h5-8,12,16-17,19H,9-11,24H2,1-4H3,(H,25,28). The first-order valence-electron chi connectivity index (χ1n) is 10.1. The van der Waals surface area contributed by atoms with Crippen LogP contribution in [0.2, 0.25) is 0 Å². The van der Waals surface area contributed by atoms with E-state index in [4.69, 9.17) is 5.73 Å². The number of nitrogens with one attached hydrogen (secondary N) is 1. The fourth-order valence-electron chi connectivity index (χ4n) is 3.50. The average molecular weight is 433 g/mol. The molecule has 2 amide bonds. The summed E-state index contributed by atoms with van der Waals surface area (Å²) in [6.07, 6.45) is -1.25. The number of halogens is 1. The molecule has 0 spiro atoms. The highest BCUT2D eigenvalue weighted by Crippen LogP contribution is 2.28. The molecule has 0 saturated carbocycles. The first-order valence-corrected chi connectivity index (χ1v) is 10.9. The van der Waals surface area contributed by atoms with Crippen molar-refractivity contribution in [3.05, 3.63) is 41.0 Å². The minimum atomic E-state index is -1.39. The van der Waals surface area contributed by atoms with Gasteiger partial charge >= 0.3 is 0 Å². The number of likely N-dealkylation sites (tertiary alicyclic amines) is 1. The second kappa shape index (κ2) is 8.81. The molecule has 3 N–H and O–H groups in total. The number of carbonyl (C=O) groups excluding carboxylic acids is 2. The number of alkyl halides is 1. The summed E-state index contributed by atoms with van der Waals surface area (Å²) in [4.78, 5) is 32.1. The minimum absolute atomic E-state index is 0.142. The predicted molar refractivity (Wildman–Crippen MR) is 117 cm³/mol. The Morgan fingerprint density at radius 1 is 1.33 bits per heavy atom. The highest BCUT2D eigenvalue weighted by Gasteiger charge is 2.45. The van der Waals surface area contributed by atoms with E-state index in [1.165, 1.54) is 4.90 Å². The molecule has 2 aromatic rings. The monoisotopic (exact) mass is 432 g/mol. The molecule has 1 aliphatic heterocycles. The van der Waals surface area contributed by atoms with Crippen LogP contribution >= 0.6 is 11.3 Å². The molecule has 1 aromatic carbocycles. The Hall–Kier alpha value is -2.32. The number of carbonyl (C=O) groups is 2. The molecule has 6 nitrogen and oxygen atoms in total. The van der Waals surface area contributed by atoms with E-state index in [-0.39, 0.29) is 25.4 Å². The van der Waals surface area contributed by atoms with Gasteiger partial charge in [-0.15, -0.1) is 11.3 Å². The maximum atomic E-state index is 14.5. The van der Waals surface area contributed by atoms with E-state index >= 15 is 0 Å². The molecule has 1 aliphatic rings. The molecule has 0 aliphatic carbocycles. The molecule has 0 radical (unpaired) electrons. The number of nitrogens with two attached hydrogens (primary N) is 1. The molecular formula is C22H29FN4O2S. The molecule has 1 saturated heterocycles. The van der Waals surface area contributed by atoms with Gasteiger partial charge in [0.05, 0.1) is 22.1 Å². The zero-order valence-corrected chi connectivity index (χ0v) is 18.6. The fraction of sp³-hybridized carbons (Fsp3) is 0.500. The van der Waals surface area contributed by atoms with Crippen LogP contribution in [0.3, 0.4) is 0 Å². The van der Waals surface area contributed by atoms with E-state index in [0.29, 0.717) is 0 Å². The van der Waals surface area contributed by atoms with Gasteiger partial charge in [-0.1, -0.05) is 45.0 Å². The number of hydrogen-bond donors (Lipinski definition) is 2. The van der Waals surface area contributed by atoms with Crippen LogP contribution in [0.5, 0.6) is 0 Å². The highest BCUT2D eigenvalue weighted by atomic mass is 32.1. The number of aromatic nitrogens is 1. The molecule has 1 fully saturated rings. The van der Waals surface area contributed by atoms with Crippen LogP contribution < -0.4 is 11.1 Å². The zero-order chi connectivity index (χ0) is 22.1. The van der Waals surface area contributed by atoms with Crippen molar-refractivity contribution < 1.29 is 14.0 Å². The topological polar surface area (TPSA) is 88.3 Å². The van der Waals surface area contributed by atoms with Crippen LogP contribution in [0.1, 0.15) is 38.4 Å². The van der Waals surface area contributed by atoms with Crippen molar-refractivity contribution in [3.8, 4) is 10.4 Å². The van der Waals surface area contributed by atoms with Crippen LogP contribution in [0, 0.1) is 12.3 Å². The summed E-state index contributed by atoms with van der Waals surface area (Å²) in [6.45, 7) is 7.98. The van der Waals surface area contributed by atoms with Gasteiger partial charge in [-0.3, -0.25) is 9.59 Å². The SMILES string of the molecule is Cc1ncsc1-c1ccc(CNC(=O)C2C(F)CCN2C(=O)C(N)C(C)(C)C)cc1. The normalized spacial score (nSPS) is 20.3. The minimum Gasteiger partial charge on any atom is -0.350 e. The Kier molecular flexibility index (Phi) is 6.57. The van der Waals surface area contributed by atoms with E-state index in [0.717, 1.165) is 21.7 Å². The number of hydrogen-bond acceptors (Lipinski definition) is 5. The Morgan fingerprint density at radius 2 is 2.00 bits per heavy atom. The summed E-state index contributed by atoms with van der Waals surface area (Å²) in [5, 5.41) is 2.78. The van der Waals surface area contributed by atoms with Crippen molar-refractivity contribution in [2.75, 3.05) is 6.54 Å². The molecule has 30 heavy (non-hydrogen) atoms. The summed E-state index contributed by atoms with van der Waals surface area (Å²) < 4.78 is 14.5. The first kappa shape index (κ1) is 22.4. The van der Waals surface area contributed by atoms with E-state index < -0.39 is 29.6 Å². The maximum absolute atomic E-state index is 14.5. The lowest BCUT2D eigenvalue weighted by atomic mass is 9.86. The van der Waals surface area contributed by atoms with E-state index in [1.54, 1.807) is 11.3 Å². The van der Waals surface area contributed by atoms with Crippen molar-refractivity contribution >= 4 is 23.2 Å². The van der Waals surface area contributed by atoms with E-state index in [9.17, 15) is 14.0 Å². The first-order chi connectivity index (χ1) is 14.1. The summed E-state index contributed by atoms with van der Waals surface area (Å²) in [7, 11) is 0. The number of aryl methyl sites for hydroxylation is 1. The third-order valence-corrected chi connectivity index (χ3v) is 6.48. The molecule has 2 heterocycles. The molecule has 1 aromatic heterocycles. The highest BCUT2D eigenvalue weighted by molar-refractivity contribution is 7.13. The number of benzene rings is 1. The summed E-state index contributed by atoms with van der Waals surface area (Å²) >= 11 is 1.58. The Labute approximate surface area is 180 Å². The van der Waals surface area contributed by atoms with Gasteiger partial charge in [0, 0.05) is 13.1 Å². The second-order valence-electron chi connectivity index (χ2n) is 8.81. The van der Waals surface area contributed by atoms with E-state index in [1.807, 2.05) is 57.5 Å². The number of rotatable bonds is 5. The third kappa shape index (κ3) is 4.70. The molecule has 0 bridgehead atoms. The molecule has 8 heteroatoms. The predicted octanol–water partition coefficient (Wildman–Crippen LogP) is 3.05. The van der Waals surface area contributed by atoms with Crippen LogP contribution in [0.25, 0.3) is 10.4 Å². The average Bonchev–Trinajstić information content (AvgIpc) is 3.30. The van der Waals surface area contributed by atoms with Crippen LogP contribution in [0.4, 0.5) is 4.39 Å². The molecule has 3 unspecified atom stereocenters. The van der Waals surface area contributed by atoms with Gasteiger partial charge in [0.2, 0.25) is 11.8 Å². The van der Waals surface area contributed by atoms with Gasteiger partial charge < -0.3 is 16.0 Å². The van der Waals surface area contributed by atoms with Gasteiger partial charge in [-0.2, -0.15) is 0 Å². The fourth-order valence-corrected chi connectivity index (χ4v) is 4.32. The quantitative estimate of drug-likeness (QED) is 0.760. The van der Waals surface area contributed by atoms with Crippen molar-refractivity contribution in [2.24, 2.45) is 11.1 Å². The van der Waals surface area contributed by atoms with Gasteiger partial charge in [0.25, 0.3) is 0 Å². The third-order valence-electron chi connectivity index (χ3n) is 5.50. The summed E-state index contributed by atoms with van der Waals surface area (Å²) in [6, 6.07) is 5.89. The number of amides is 2. The van der Waals surface area contributed by atoms with Crippen molar-refractivity contribution in [2.45, 2.75) is 58.9 Å². The van der Waals surface area contributed by atoms with Crippen molar-refractivity contribution in [3.63, 3.8) is 0 Å². The lowest BCUT2D eigenvalue weighted by Crippen LogP contribution is -2.56. The molecular weight excluding hydrogens is 403 g/mol. The van der Waals surface area contributed by atoms with Gasteiger partial charge in [-0.05, 0) is 29.9 Å². The zero-order valence-electron chi connectivity index (χ0n) is 17.8.